The lowest BCUT2D eigenvalue weighted by Gasteiger charge is -2.09. The summed E-state index contributed by atoms with van der Waals surface area (Å²) in [4.78, 5) is 17.7. The smallest absolute Gasteiger partial charge is 0.161 e. The summed E-state index contributed by atoms with van der Waals surface area (Å²) in [5.41, 5.74) is 9.39. The zero-order valence-corrected chi connectivity index (χ0v) is 18.2. The van der Waals surface area contributed by atoms with E-state index in [-0.39, 0.29) is 0 Å². The fraction of sp³-hybridized carbons (Fsp3) is 0.111. The molecular formula is C27H20N6O. The van der Waals surface area contributed by atoms with Crippen LogP contribution in [0.3, 0.4) is 0 Å². The van der Waals surface area contributed by atoms with Crippen LogP contribution in [0.25, 0.3) is 56.0 Å². The number of H-pyrrole nitrogens is 2. The highest BCUT2D eigenvalue weighted by atomic mass is 16.5. The highest BCUT2D eigenvalue weighted by Gasteiger charge is 2.17. The number of para-hydroxylation sites is 1. The lowest BCUT2D eigenvalue weighted by molar-refractivity contribution is 0.310. The number of ether oxygens (including phenoxy) is 1. The molecule has 0 radical (unpaired) electrons. The summed E-state index contributed by atoms with van der Waals surface area (Å²) < 4.78 is 6.02. The third-order valence-electron chi connectivity index (χ3n) is 6.27. The SMILES string of the molecule is c1cc2cc(c1)-c1cccc3[nH]c(nc13)-c1n[nH]c3ccc(nc13)-c1cncc(c1)OCCC2. The van der Waals surface area contributed by atoms with E-state index in [0.29, 0.717) is 18.1 Å². The first-order valence-electron chi connectivity index (χ1n) is 11.3. The molecule has 0 spiro atoms. The Morgan fingerprint density at radius 1 is 0.824 bits per heavy atom. The van der Waals surface area contributed by atoms with E-state index in [2.05, 4.69) is 56.6 Å². The Morgan fingerprint density at radius 3 is 2.79 bits per heavy atom. The van der Waals surface area contributed by atoms with Gasteiger partial charge in [-0.05, 0) is 48.2 Å². The fourth-order valence-electron chi connectivity index (χ4n) is 4.60. The number of benzene rings is 2. The molecule has 0 aliphatic carbocycles. The molecule has 0 atom stereocenters. The second-order valence-electron chi connectivity index (χ2n) is 8.51. The minimum absolute atomic E-state index is 0.617. The van der Waals surface area contributed by atoms with Crippen molar-refractivity contribution in [2.45, 2.75) is 12.8 Å². The quantitative estimate of drug-likeness (QED) is 0.320. The highest BCUT2D eigenvalue weighted by Crippen LogP contribution is 2.32. The average molecular weight is 444 g/mol. The molecule has 4 aromatic heterocycles. The summed E-state index contributed by atoms with van der Waals surface area (Å²) in [6.45, 7) is 0.617. The molecule has 6 aromatic rings. The van der Waals surface area contributed by atoms with Crippen molar-refractivity contribution in [3.8, 4) is 39.7 Å². The number of aromatic nitrogens is 6. The Labute approximate surface area is 194 Å². The Balaban J connectivity index is 1.47. The van der Waals surface area contributed by atoms with Gasteiger partial charge in [-0.1, -0.05) is 36.4 Å². The van der Waals surface area contributed by atoms with Crippen molar-refractivity contribution in [2.24, 2.45) is 0 Å². The van der Waals surface area contributed by atoms with Crippen molar-refractivity contribution in [1.29, 1.82) is 0 Å². The van der Waals surface area contributed by atoms with Gasteiger partial charge in [0.25, 0.3) is 0 Å². The number of aromatic amines is 2. The summed E-state index contributed by atoms with van der Waals surface area (Å²) in [6, 6.07) is 20.8. The van der Waals surface area contributed by atoms with E-state index >= 15 is 0 Å². The van der Waals surface area contributed by atoms with Crippen LogP contribution in [0.5, 0.6) is 5.75 Å². The molecule has 0 amide bonds. The van der Waals surface area contributed by atoms with Crippen LogP contribution in [0.1, 0.15) is 12.0 Å². The number of pyridine rings is 2. The van der Waals surface area contributed by atoms with Crippen LogP contribution in [-0.2, 0) is 6.42 Å². The zero-order valence-electron chi connectivity index (χ0n) is 18.2. The summed E-state index contributed by atoms with van der Waals surface area (Å²) in [6.07, 6.45) is 5.39. The molecule has 1 aliphatic heterocycles. The normalized spacial score (nSPS) is 13.2. The third-order valence-corrected chi connectivity index (χ3v) is 6.27. The van der Waals surface area contributed by atoms with Crippen molar-refractivity contribution in [3.05, 3.63) is 78.6 Å². The first-order valence-corrected chi connectivity index (χ1v) is 11.3. The molecular weight excluding hydrogens is 424 g/mol. The summed E-state index contributed by atoms with van der Waals surface area (Å²) >= 11 is 0. The molecule has 0 saturated carbocycles. The van der Waals surface area contributed by atoms with E-state index in [0.717, 1.165) is 63.0 Å². The van der Waals surface area contributed by atoms with Crippen molar-refractivity contribution in [3.63, 3.8) is 0 Å². The standard InChI is InChI=1S/C27H20N6O/c1-4-16-5-3-11-34-19-13-18(14-28-15-19)21-9-10-23-25(29-21)26(33-32-23)27-30-22-8-2-7-20(24(22)31-27)17(6-1)12-16/h1-2,4,6-10,12-15H,3,5,11H2,(H,30,31)(H,32,33). The van der Waals surface area contributed by atoms with E-state index in [4.69, 9.17) is 14.7 Å². The summed E-state index contributed by atoms with van der Waals surface area (Å²) in [7, 11) is 0. The molecule has 34 heavy (non-hydrogen) atoms. The number of hydrogen-bond acceptors (Lipinski definition) is 5. The minimum atomic E-state index is 0.617. The fourth-order valence-corrected chi connectivity index (χ4v) is 4.60. The predicted octanol–water partition coefficient (Wildman–Crippen LogP) is 5.56. The van der Waals surface area contributed by atoms with Crippen LogP contribution in [0.2, 0.25) is 0 Å². The van der Waals surface area contributed by atoms with E-state index in [1.54, 1.807) is 12.4 Å². The van der Waals surface area contributed by atoms with E-state index < -0.39 is 0 Å². The first kappa shape index (κ1) is 19.0. The lowest BCUT2D eigenvalue weighted by atomic mass is 10.00. The van der Waals surface area contributed by atoms with Crippen molar-refractivity contribution < 1.29 is 4.74 Å². The molecule has 7 heteroatoms. The van der Waals surface area contributed by atoms with Crippen molar-refractivity contribution in [2.75, 3.05) is 6.61 Å². The topological polar surface area (TPSA) is 92.4 Å². The summed E-state index contributed by atoms with van der Waals surface area (Å²) in [5, 5.41) is 7.64. The largest absolute Gasteiger partial charge is 0.492 e. The molecule has 0 fully saturated rings. The Kier molecular flexibility index (Phi) is 4.20. The van der Waals surface area contributed by atoms with Gasteiger partial charge in [-0.3, -0.25) is 10.1 Å². The molecule has 8 bridgehead atoms. The van der Waals surface area contributed by atoms with Crippen molar-refractivity contribution in [1.82, 2.24) is 30.1 Å². The van der Waals surface area contributed by atoms with Gasteiger partial charge in [0.05, 0.1) is 35.0 Å². The number of aryl methyl sites for hydroxylation is 1. The summed E-state index contributed by atoms with van der Waals surface area (Å²) in [5.74, 6) is 1.43. The van der Waals surface area contributed by atoms with Gasteiger partial charge >= 0.3 is 0 Å². The Hall–Kier alpha value is -4.52. The monoisotopic (exact) mass is 444 g/mol. The van der Waals surface area contributed by atoms with Gasteiger partial charge in [0.2, 0.25) is 0 Å². The molecule has 2 aromatic carbocycles. The average Bonchev–Trinajstić information content (AvgIpc) is 3.50. The number of fused-ring (bicyclic) bond motifs is 9. The van der Waals surface area contributed by atoms with Gasteiger partial charge in [0, 0.05) is 17.3 Å². The molecule has 1 aliphatic rings. The van der Waals surface area contributed by atoms with Crippen molar-refractivity contribution >= 4 is 22.1 Å². The van der Waals surface area contributed by atoms with Gasteiger partial charge in [-0.25, -0.2) is 9.97 Å². The van der Waals surface area contributed by atoms with Gasteiger partial charge in [0.15, 0.2) is 11.5 Å². The number of hydrogen-bond donors (Lipinski definition) is 2. The molecule has 5 heterocycles. The third kappa shape index (κ3) is 3.13. The molecule has 7 rings (SSSR count). The number of nitrogens with one attached hydrogen (secondary N) is 2. The Bertz CT molecular complexity index is 1680. The van der Waals surface area contributed by atoms with Gasteiger partial charge in [-0.15, -0.1) is 0 Å². The minimum Gasteiger partial charge on any atom is -0.492 e. The van der Waals surface area contributed by atoms with Gasteiger partial charge < -0.3 is 9.72 Å². The molecule has 7 nitrogen and oxygen atoms in total. The van der Waals surface area contributed by atoms with Crippen LogP contribution in [-0.4, -0.2) is 36.7 Å². The molecule has 0 unspecified atom stereocenters. The maximum Gasteiger partial charge on any atom is 0.161 e. The van der Waals surface area contributed by atoms with Gasteiger partial charge in [0.1, 0.15) is 11.3 Å². The number of nitrogens with zero attached hydrogens (tertiary/aromatic N) is 4. The highest BCUT2D eigenvalue weighted by molar-refractivity contribution is 5.96. The second kappa shape index (κ2) is 7.52. The van der Waals surface area contributed by atoms with Gasteiger partial charge in [-0.2, -0.15) is 5.10 Å². The second-order valence-corrected chi connectivity index (χ2v) is 8.51. The zero-order chi connectivity index (χ0) is 22.5. The van der Waals surface area contributed by atoms with E-state index in [1.165, 1.54) is 5.56 Å². The van der Waals surface area contributed by atoms with Crippen LogP contribution in [0.15, 0.2) is 73.1 Å². The van der Waals surface area contributed by atoms with Crippen LogP contribution in [0, 0.1) is 0 Å². The maximum atomic E-state index is 6.02. The Morgan fingerprint density at radius 2 is 1.79 bits per heavy atom. The van der Waals surface area contributed by atoms with E-state index in [9.17, 15) is 0 Å². The maximum absolute atomic E-state index is 6.02. The van der Waals surface area contributed by atoms with Crippen LogP contribution < -0.4 is 4.74 Å². The number of rotatable bonds is 0. The number of imidazole rings is 1. The first-order chi connectivity index (χ1) is 16.8. The lowest BCUT2D eigenvalue weighted by Crippen LogP contribution is -2.00. The van der Waals surface area contributed by atoms with Crippen LogP contribution >= 0.6 is 0 Å². The molecule has 0 saturated heterocycles. The molecule has 164 valence electrons. The van der Waals surface area contributed by atoms with Crippen LogP contribution in [0.4, 0.5) is 0 Å². The molecule has 2 N–H and O–H groups in total. The van der Waals surface area contributed by atoms with E-state index in [1.807, 2.05) is 24.3 Å². The predicted molar refractivity (Wildman–Crippen MR) is 131 cm³/mol.